The van der Waals surface area contributed by atoms with Gasteiger partial charge in [0.2, 0.25) is 0 Å². The van der Waals surface area contributed by atoms with Crippen molar-refractivity contribution in [3.05, 3.63) is 29.3 Å². The molecule has 0 amide bonds. The number of halogens is 3. The predicted octanol–water partition coefficient (Wildman–Crippen LogP) is 2.83. The molecule has 118 valence electrons. The van der Waals surface area contributed by atoms with Crippen LogP contribution in [0, 0.1) is 0 Å². The third-order valence-electron chi connectivity index (χ3n) is 3.40. The highest BCUT2D eigenvalue weighted by atomic mass is 19.4. The summed E-state index contributed by atoms with van der Waals surface area (Å²) in [5.74, 6) is 0. The van der Waals surface area contributed by atoms with Crippen LogP contribution in [0.5, 0.6) is 0 Å². The van der Waals surface area contributed by atoms with Crippen molar-refractivity contribution < 1.29 is 27.4 Å². The third-order valence-corrected chi connectivity index (χ3v) is 3.40. The molecule has 0 spiro atoms. The molecule has 1 heterocycles. The van der Waals surface area contributed by atoms with E-state index in [9.17, 15) is 13.2 Å². The molecule has 1 aromatic carbocycles. The molecule has 0 bridgehead atoms. The number of rotatable bonds is 4. The number of nitrogens with zero attached hydrogens (tertiary/aromatic N) is 1. The first-order valence-electron chi connectivity index (χ1n) is 6.56. The van der Waals surface area contributed by atoms with Gasteiger partial charge in [-0.1, -0.05) is 6.07 Å². The average molecular weight is 305 g/mol. The van der Waals surface area contributed by atoms with E-state index in [0.717, 1.165) is 6.07 Å². The highest BCUT2D eigenvalue weighted by Crippen LogP contribution is 2.38. The molecule has 1 aromatic rings. The molecule has 0 saturated carbocycles. The van der Waals surface area contributed by atoms with Crippen molar-refractivity contribution in [2.45, 2.75) is 12.5 Å². The fourth-order valence-corrected chi connectivity index (χ4v) is 2.36. The lowest BCUT2D eigenvalue weighted by Crippen LogP contribution is -2.36. The van der Waals surface area contributed by atoms with Gasteiger partial charge in [-0.15, -0.1) is 0 Å². The first kappa shape index (κ1) is 16.1. The summed E-state index contributed by atoms with van der Waals surface area (Å²) in [6.45, 7) is 2.19. The number of hydrogen-bond donors (Lipinski definition) is 0. The van der Waals surface area contributed by atoms with Gasteiger partial charge in [-0.05, 0) is 12.1 Å². The van der Waals surface area contributed by atoms with Gasteiger partial charge in [0.1, 0.15) is 0 Å². The zero-order valence-corrected chi connectivity index (χ0v) is 11.9. The molecule has 21 heavy (non-hydrogen) atoms. The van der Waals surface area contributed by atoms with Gasteiger partial charge in [0.15, 0.2) is 6.29 Å². The third kappa shape index (κ3) is 3.66. The van der Waals surface area contributed by atoms with Crippen molar-refractivity contribution in [1.82, 2.24) is 0 Å². The zero-order valence-electron chi connectivity index (χ0n) is 11.9. The summed E-state index contributed by atoms with van der Waals surface area (Å²) in [7, 11) is 2.62. The summed E-state index contributed by atoms with van der Waals surface area (Å²) in [4.78, 5) is 1.87. The molecule has 7 heteroatoms. The molecule has 0 atom stereocenters. The quantitative estimate of drug-likeness (QED) is 0.801. The second-order valence-electron chi connectivity index (χ2n) is 4.67. The van der Waals surface area contributed by atoms with Crippen LogP contribution in [-0.2, 0) is 20.4 Å². The predicted molar refractivity (Wildman–Crippen MR) is 71.2 cm³/mol. The first-order valence-corrected chi connectivity index (χ1v) is 6.56. The van der Waals surface area contributed by atoms with Crippen LogP contribution in [0.1, 0.15) is 17.4 Å². The highest BCUT2D eigenvalue weighted by molar-refractivity contribution is 5.52. The van der Waals surface area contributed by atoms with E-state index >= 15 is 0 Å². The fourth-order valence-electron chi connectivity index (χ4n) is 2.36. The molecular formula is C14H18F3NO3. The van der Waals surface area contributed by atoms with Gasteiger partial charge < -0.3 is 19.1 Å². The van der Waals surface area contributed by atoms with Crippen molar-refractivity contribution in [3.8, 4) is 0 Å². The number of hydrogen-bond acceptors (Lipinski definition) is 4. The largest absolute Gasteiger partial charge is 0.416 e. The number of methoxy groups -OCH3 is 2. The van der Waals surface area contributed by atoms with Gasteiger partial charge in [0.25, 0.3) is 0 Å². The highest BCUT2D eigenvalue weighted by Gasteiger charge is 2.36. The lowest BCUT2D eigenvalue weighted by Gasteiger charge is -2.30. The summed E-state index contributed by atoms with van der Waals surface area (Å²) in [5, 5.41) is 0. The number of morpholine rings is 1. The smallest absolute Gasteiger partial charge is 0.378 e. The Bertz CT molecular complexity index is 469. The molecule has 0 aromatic heterocycles. The Labute approximate surface area is 121 Å². The van der Waals surface area contributed by atoms with E-state index in [1.165, 1.54) is 20.3 Å². The van der Waals surface area contributed by atoms with Crippen molar-refractivity contribution in [2.24, 2.45) is 0 Å². The SMILES string of the molecule is COC(OC)c1ccc(N2CCOCC2)cc1C(F)(F)F. The van der Waals surface area contributed by atoms with E-state index < -0.39 is 18.0 Å². The Morgan fingerprint density at radius 3 is 2.29 bits per heavy atom. The van der Waals surface area contributed by atoms with Gasteiger partial charge in [0, 0.05) is 38.6 Å². The molecule has 0 aliphatic carbocycles. The van der Waals surface area contributed by atoms with E-state index in [2.05, 4.69) is 0 Å². The van der Waals surface area contributed by atoms with Crippen LogP contribution in [0.2, 0.25) is 0 Å². The zero-order chi connectivity index (χ0) is 15.5. The summed E-state index contributed by atoms with van der Waals surface area (Å²) in [5.41, 5.74) is -0.231. The number of anilines is 1. The Morgan fingerprint density at radius 2 is 1.76 bits per heavy atom. The number of ether oxygens (including phenoxy) is 3. The Kier molecular flexibility index (Phi) is 5.08. The minimum Gasteiger partial charge on any atom is -0.378 e. The van der Waals surface area contributed by atoms with Gasteiger partial charge in [0.05, 0.1) is 18.8 Å². The number of benzene rings is 1. The fraction of sp³-hybridized carbons (Fsp3) is 0.571. The maximum Gasteiger partial charge on any atom is 0.416 e. The molecule has 0 unspecified atom stereocenters. The van der Waals surface area contributed by atoms with Crippen LogP contribution in [0.3, 0.4) is 0 Å². The van der Waals surface area contributed by atoms with Crippen molar-refractivity contribution in [3.63, 3.8) is 0 Å². The Morgan fingerprint density at radius 1 is 1.14 bits per heavy atom. The van der Waals surface area contributed by atoms with Gasteiger partial charge >= 0.3 is 6.18 Å². The van der Waals surface area contributed by atoms with Crippen LogP contribution in [0.25, 0.3) is 0 Å². The molecule has 1 aliphatic rings. The minimum atomic E-state index is -4.47. The molecule has 1 saturated heterocycles. The Hall–Kier alpha value is -1.31. The van der Waals surface area contributed by atoms with E-state index in [0.29, 0.717) is 32.0 Å². The molecule has 0 radical (unpaired) electrons. The van der Waals surface area contributed by atoms with Gasteiger partial charge in [-0.2, -0.15) is 13.2 Å². The lowest BCUT2D eigenvalue weighted by atomic mass is 10.0. The van der Waals surface area contributed by atoms with Crippen LogP contribution < -0.4 is 4.90 Å². The summed E-state index contributed by atoms with van der Waals surface area (Å²) < 4.78 is 54.9. The Balaban J connectivity index is 2.39. The van der Waals surface area contributed by atoms with E-state index in [1.54, 1.807) is 6.07 Å². The molecule has 2 rings (SSSR count). The van der Waals surface area contributed by atoms with Crippen molar-refractivity contribution in [1.29, 1.82) is 0 Å². The van der Waals surface area contributed by atoms with E-state index in [-0.39, 0.29) is 5.56 Å². The summed E-state index contributed by atoms with van der Waals surface area (Å²) in [6, 6.07) is 4.21. The maximum absolute atomic E-state index is 13.3. The molecule has 1 fully saturated rings. The van der Waals surface area contributed by atoms with Crippen LogP contribution in [0.4, 0.5) is 18.9 Å². The summed E-state index contributed by atoms with van der Waals surface area (Å²) >= 11 is 0. The normalized spacial score (nSPS) is 16.6. The molecular weight excluding hydrogens is 287 g/mol. The van der Waals surface area contributed by atoms with Gasteiger partial charge in [-0.3, -0.25) is 0 Å². The van der Waals surface area contributed by atoms with Crippen molar-refractivity contribution in [2.75, 3.05) is 45.4 Å². The van der Waals surface area contributed by atoms with E-state index in [4.69, 9.17) is 14.2 Å². The summed E-state index contributed by atoms with van der Waals surface area (Å²) in [6.07, 6.45) is -5.51. The average Bonchev–Trinajstić information content (AvgIpc) is 2.48. The van der Waals surface area contributed by atoms with Crippen LogP contribution >= 0.6 is 0 Å². The van der Waals surface area contributed by atoms with E-state index in [1.807, 2.05) is 4.90 Å². The lowest BCUT2D eigenvalue weighted by molar-refractivity contribution is -0.147. The molecule has 4 nitrogen and oxygen atoms in total. The second-order valence-corrected chi connectivity index (χ2v) is 4.67. The van der Waals surface area contributed by atoms with Crippen LogP contribution in [0.15, 0.2) is 18.2 Å². The maximum atomic E-state index is 13.3. The standard InChI is InChI=1S/C14H18F3NO3/c1-19-13(20-2)11-4-3-10(9-12(11)14(15,16)17)18-5-7-21-8-6-18/h3-4,9,13H,5-8H2,1-2H3. The van der Waals surface area contributed by atoms with Crippen molar-refractivity contribution >= 4 is 5.69 Å². The minimum absolute atomic E-state index is 0.0236. The second kappa shape index (κ2) is 6.64. The monoisotopic (exact) mass is 305 g/mol. The molecule has 0 N–H and O–H groups in total. The molecule has 1 aliphatic heterocycles. The number of alkyl halides is 3. The first-order chi connectivity index (χ1) is 9.97. The topological polar surface area (TPSA) is 30.9 Å². The van der Waals surface area contributed by atoms with Gasteiger partial charge in [-0.25, -0.2) is 0 Å². The van der Waals surface area contributed by atoms with Crippen LogP contribution in [-0.4, -0.2) is 40.5 Å².